The zero-order valence-corrected chi connectivity index (χ0v) is 9.52. The lowest BCUT2D eigenvalue weighted by Gasteiger charge is -2.05. The summed E-state index contributed by atoms with van der Waals surface area (Å²) in [6.45, 7) is 0. The number of hydrogen-bond donors (Lipinski definition) is 2. The molecule has 0 aliphatic rings. The summed E-state index contributed by atoms with van der Waals surface area (Å²) < 4.78 is 24.9. The Morgan fingerprint density at radius 2 is 2.06 bits per heavy atom. The van der Waals surface area contributed by atoms with Crippen LogP contribution in [0.25, 0.3) is 0 Å². The Morgan fingerprint density at radius 3 is 2.59 bits per heavy atom. The Bertz CT molecular complexity index is 554. The van der Waals surface area contributed by atoms with Crippen molar-refractivity contribution in [2.24, 2.45) is 0 Å². The standard InChI is InChI=1S/C8H9N3O5S/c1-9-8(12)10-17(15,16)7-4-2-3-6(5-7)11(13)14/h2-5H,1H3,(H2,9,10,12). The molecule has 1 aromatic carbocycles. The van der Waals surface area contributed by atoms with Crippen LogP contribution in [-0.2, 0) is 10.0 Å². The van der Waals surface area contributed by atoms with Crippen LogP contribution >= 0.6 is 0 Å². The zero-order valence-electron chi connectivity index (χ0n) is 8.71. The highest BCUT2D eigenvalue weighted by molar-refractivity contribution is 7.90. The minimum atomic E-state index is -4.09. The fraction of sp³-hybridized carbons (Fsp3) is 0.125. The number of non-ortho nitro benzene ring substituents is 1. The summed E-state index contributed by atoms with van der Waals surface area (Å²) in [5.41, 5.74) is -0.371. The molecule has 92 valence electrons. The van der Waals surface area contributed by atoms with Crippen molar-refractivity contribution >= 4 is 21.7 Å². The van der Waals surface area contributed by atoms with Gasteiger partial charge in [-0.25, -0.2) is 17.9 Å². The summed E-state index contributed by atoms with van der Waals surface area (Å²) in [4.78, 5) is 20.3. The van der Waals surface area contributed by atoms with E-state index in [0.29, 0.717) is 0 Å². The van der Waals surface area contributed by atoms with E-state index >= 15 is 0 Å². The van der Waals surface area contributed by atoms with E-state index in [1.165, 1.54) is 13.1 Å². The van der Waals surface area contributed by atoms with Crippen molar-refractivity contribution in [3.63, 3.8) is 0 Å². The molecule has 17 heavy (non-hydrogen) atoms. The van der Waals surface area contributed by atoms with Crippen molar-refractivity contribution in [1.29, 1.82) is 0 Å². The summed E-state index contributed by atoms with van der Waals surface area (Å²) in [6.07, 6.45) is 0. The molecule has 0 saturated heterocycles. The van der Waals surface area contributed by atoms with Gasteiger partial charge in [0, 0.05) is 19.2 Å². The van der Waals surface area contributed by atoms with Crippen LogP contribution < -0.4 is 10.0 Å². The second kappa shape index (κ2) is 4.78. The van der Waals surface area contributed by atoms with Gasteiger partial charge in [-0.2, -0.15) is 0 Å². The largest absolute Gasteiger partial charge is 0.340 e. The molecule has 0 saturated carbocycles. The summed E-state index contributed by atoms with van der Waals surface area (Å²) >= 11 is 0. The van der Waals surface area contributed by atoms with Crippen molar-refractivity contribution in [3.05, 3.63) is 34.4 Å². The van der Waals surface area contributed by atoms with Gasteiger partial charge in [-0.05, 0) is 6.07 Å². The lowest BCUT2D eigenvalue weighted by Crippen LogP contribution is -2.37. The second-order valence-corrected chi connectivity index (χ2v) is 4.62. The topological polar surface area (TPSA) is 118 Å². The number of benzene rings is 1. The van der Waals surface area contributed by atoms with Gasteiger partial charge in [0.2, 0.25) is 0 Å². The molecule has 0 aliphatic carbocycles. The maximum atomic E-state index is 11.6. The van der Waals surface area contributed by atoms with Crippen molar-refractivity contribution < 1.29 is 18.1 Å². The number of rotatable bonds is 3. The number of nitrogens with zero attached hydrogens (tertiary/aromatic N) is 1. The lowest BCUT2D eigenvalue weighted by molar-refractivity contribution is -0.385. The second-order valence-electron chi connectivity index (χ2n) is 2.94. The molecule has 0 bridgehead atoms. The first kappa shape index (κ1) is 12.9. The maximum Gasteiger partial charge on any atom is 0.328 e. The van der Waals surface area contributed by atoms with Gasteiger partial charge >= 0.3 is 6.03 Å². The first-order valence-corrected chi connectivity index (χ1v) is 5.84. The van der Waals surface area contributed by atoms with Crippen LogP contribution in [0, 0.1) is 10.1 Å². The van der Waals surface area contributed by atoms with E-state index in [4.69, 9.17) is 0 Å². The summed E-state index contributed by atoms with van der Waals surface area (Å²) in [5, 5.41) is 12.5. The normalized spacial score (nSPS) is 10.6. The number of sulfonamides is 1. The van der Waals surface area contributed by atoms with Crippen molar-refractivity contribution in [2.75, 3.05) is 7.05 Å². The molecule has 2 N–H and O–H groups in total. The Labute approximate surface area is 96.8 Å². The number of amides is 2. The van der Waals surface area contributed by atoms with Crippen molar-refractivity contribution in [1.82, 2.24) is 10.0 Å². The van der Waals surface area contributed by atoms with Gasteiger partial charge in [-0.1, -0.05) is 6.07 Å². The zero-order chi connectivity index (χ0) is 13.1. The molecule has 0 unspecified atom stereocenters. The van der Waals surface area contributed by atoms with E-state index in [1.807, 2.05) is 0 Å². The summed E-state index contributed by atoms with van der Waals surface area (Å²) in [5.74, 6) is 0. The Kier molecular flexibility index (Phi) is 3.63. The Morgan fingerprint density at radius 1 is 1.41 bits per heavy atom. The average Bonchev–Trinajstić information content (AvgIpc) is 2.28. The minimum Gasteiger partial charge on any atom is -0.340 e. The molecule has 0 fully saturated rings. The number of nitro groups is 1. The van der Waals surface area contributed by atoms with E-state index in [9.17, 15) is 23.3 Å². The van der Waals surface area contributed by atoms with E-state index in [0.717, 1.165) is 18.2 Å². The highest BCUT2D eigenvalue weighted by atomic mass is 32.2. The molecule has 1 aromatic rings. The summed E-state index contributed by atoms with van der Waals surface area (Å²) in [6, 6.07) is 3.47. The monoisotopic (exact) mass is 259 g/mol. The molecule has 0 aliphatic heterocycles. The Hall–Kier alpha value is -2.16. The molecular formula is C8H9N3O5S. The smallest absolute Gasteiger partial charge is 0.328 e. The van der Waals surface area contributed by atoms with Crippen LogP contribution in [0.4, 0.5) is 10.5 Å². The van der Waals surface area contributed by atoms with Gasteiger partial charge in [0.25, 0.3) is 15.7 Å². The van der Waals surface area contributed by atoms with Crippen LogP contribution in [0.3, 0.4) is 0 Å². The SMILES string of the molecule is CNC(=O)NS(=O)(=O)c1cccc([N+](=O)[O-])c1. The number of carbonyl (C=O) groups excluding carboxylic acids is 1. The van der Waals surface area contributed by atoms with Crippen LogP contribution in [0.5, 0.6) is 0 Å². The molecule has 0 spiro atoms. The average molecular weight is 259 g/mol. The first-order chi connectivity index (χ1) is 7.86. The molecule has 0 atom stereocenters. The number of urea groups is 1. The third-order valence-electron chi connectivity index (χ3n) is 1.79. The number of nitrogens with one attached hydrogen (secondary N) is 2. The summed E-state index contributed by atoms with van der Waals surface area (Å²) in [7, 11) is -2.85. The number of carbonyl (C=O) groups is 1. The molecule has 0 radical (unpaired) electrons. The van der Waals surface area contributed by atoms with Gasteiger partial charge in [-0.3, -0.25) is 10.1 Å². The van der Waals surface area contributed by atoms with Crippen LogP contribution in [-0.4, -0.2) is 26.4 Å². The van der Waals surface area contributed by atoms with E-state index in [2.05, 4.69) is 5.32 Å². The lowest BCUT2D eigenvalue weighted by atomic mass is 10.3. The van der Waals surface area contributed by atoms with E-state index in [1.54, 1.807) is 4.72 Å². The quantitative estimate of drug-likeness (QED) is 0.594. The third kappa shape index (κ3) is 3.14. The predicted molar refractivity (Wildman–Crippen MR) is 57.9 cm³/mol. The molecule has 1 rings (SSSR count). The predicted octanol–water partition coefficient (Wildman–Crippen LogP) is 0.213. The van der Waals surface area contributed by atoms with E-state index < -0.39 is 21.0 Å². The Balaban J connectivity index is 3.11. The van der Waals surface area contributed by atoms with Gasteiger partial charge in [0.05, 0.1) is 9.82 Å². The van der Waals surface area contributed by atoms with Gasteiger partial charge in [0.15, 0.2) is 0 Å². The fourth-order valence-electron chi connectivity index (χ4n) is 0.996. The highest BCUT2D eigenvalue weighted by Gasteiger charge is 2.19. The third-order valence-corrected chi connectivity index (χ3v) is 3.12. The fourth-order valence-corrected chi connectivity index (χ4v) is 1.99. The van der Waals surface area contributed by atoms with Gasteiger partial charge in [0.1, 0.15) is 0 Å². The number of hydrogen-bond acceptors (Lipinski definition) is 5. The molecular weight excluding hydrogens is 250 g/mol. The molecule has 8 nitrogen and oxygen atoms in total. The minimum absolute atomic E-state index is 0.352. The van der Waals surface area contributed by atoms with Crippen molar-refractivity contribution in [3.8, 4) is 0 Å². The van der Waals surface area contributed by atoms with Crippen LogP contribution in [0.15, 0.2) is 29.2 Å². The maximum absolute atomic E-state index is 11.6. The molecule has 0 aromatic heterocycles. The van der Waals surface area contributed by atoms with Crippen molar-refractivity contribution in [2.45, 2.75) is 4.90 Å². The van der Waals surface area contributed by atoms with E-state index in [-0.39, 0.29) is 10.6 Å². The number of nitro benzene ring substituents is 1. The first-order valence-electron chi connectivity index (χ1n) is 4.36. The van der Waals surface area contributed by atoms with Gasteiger partial charge in [-0.15, -0.1) is 0 Å². The van der Waals surface area contributed by atoms with Crippen LogP contribution in [0.2, 0.25) is 0 Å². The molecule has 2 amide bonds. The highest BCUT2D eigenvalue weighted by Crippen LogP contribution is 2.16. The van der Waals surface area contributed by atoms with Gasteiger partial charge < -0.3 is 5.32 Å². The van der Waals surface area contributed by atoms with Crippen LogP contribution in [0.1, 0.15) is 0 Å². The molecule has 9 heteroatoms. The molecule has 0 heterocycles.